The lowest BCUT2D eigenvalue weighted by atomic mass is 9.79. The summed E-state index contributed by atoms with van der Waals surface area (Å²) in [6.45, 7) is 11.8. The van der Waals surface area contributed by atoms with Gasteiger partial charge < -0.3 is 9.47 Å². The van der Waals surface area contributed by atoms with Crippen molar-refractivity contribution in [3.05, 3.63) is 34.3 Å². The van der Waals surface area contributed by atoms with Gasteiger partial charge in [-0.05, 0) is 38.5 Å². The molecule has 1 aliphatic rings. The molecule has 2 atom stereocenters. The number of carbonyl (C=O) groups excluding carboxylic acids is 1. The van der Waals surface area contributed by atoms with E-state index in [0.717, 1.165) is 10.0 Å². The molecule has 0 radical (unpaired) electrons. The fraction of sp³-hybridized carbons (Fsp3) is 0.588. The first-order chi connectivity index (χ1) is 9.47. The molecule has 2 rings (SSSR count). The van der Waals surface area contributed by atoms with E-state index in [1.165, 1.54) is 0 Å². The van der Waals surface area contributed by atoms with Crippen molar-refractivity contribution in [2.24, 2.45) is 5.41 Å². The van der Waals surface area contributed by atoms with Crippen LogP contribution in [0.15, 0.2) is 28.7 Å². The van der Waals surface area contributed by atoms with Crippen molar-refractivity contribution in [2.75, 3.05) is 0 Å². The van der Waals surface area contributed by atoms with Crippen LogP contribution in [0.4, 0.5) is 0 Å². The highest BCUT2D eigenvalue weighted by molar-refractivity contribution is 9.10. The quantitative estimate of drug-likeness (QED) is 0.585. The maximum absolute atomic E-state index is 12.5. The van der Waals surface area contributed by atoms with Gasteiger partial charge in [-0.3, -0.25) is 0 Å². The Labute approximate surface area is 135 Å². The van der Waals surface area contributed by atoms with Crippen LogP contribution in [-0.2, 0) is 14.3 Å². The summed E-state index contributed by atoms with van der Waals surface area (Å²) >= 11 is 3.40. The summed E-state index contributed by atoms with van der Waals surface area (Å²) in [5.74, 6) is -0.296. The molecule has 1 aromatic rings. The Kier molecular flexibility index (Phi) is 4.00. The zero-order valence-corrected chi connectivity index (χ0v) is 15.1. The predicted molar refractivity (Wildman–Crippen MR) is 86.0 cm³/mol. The summed E-state index contributed by atoms with van der Waals surface area (Å²) in [5, 5.41) is 0. The van der Waals surface area contributed by atoms with E-state index in [9.17, 15) is 4.79 Å². The molecule has 0 spiro atoms. The maximum Gasteiger partial charge on any atom is 0.341 e. The Hall–Kier alpha value is -0.870. The van der Waals surface area contributed by atoms with Crippen molar-refractivity contribution in [1.82, 2.24) is 0 Å². The average molecular weight is 355 g/mol. The summed E-state index contributed by atoms with van der Waals surface area (Å²) in [6, 6.07) is 7.81. The molecule has 0 aliphatic carbocycles. The van der Waals surface area contributed by atoms with Gasteiger partial charge in [0, 0.05) is 9.89 Å². The summed E-state index contributed by atoms with van der Waals surface area (Å²) in [7, 11) is 0. The van der Waals surface area contributed by atoms with Gasteiger partial charge in [0.05, 0.1) is 0 Å². The smallest absolute Gasteiger partial charge is 0.341 e. The number of hydrogen-bond acceptors (Lipinski definition) is 3. The van der Waals surface area contributed by atoms with Gasteiger partial charge in [-0.15, -0.1) is 0 Å². The molecule has 0 bridgehead atoms. The minimum Gasteiger partial charge on any atom is -0.457 e. The van der Waals surface area contributed by atoms with E-state index in [0.29, 0.717) is 0 Å². The van der Waals surface area contributed by atoms with Crippen LogP contribution in [0.3, 0.4) is 0 Å². The van der Waals surface area contributed by atoms with Crippen molar-refractivity contribution in [2.45, 2.75) is 58.8 Å². The molecule has 1 fully saturated rings. The Morgan fingerprint density at radius 1 is 1.19 bits per heavy atom. The molecule has 0 N–H and O–H groups in total. The molecular formula is C17H23BrO3. The first kappa shape index (κ1) is 16.5. The van der Waals surface area contributed by atoms with Gasteiger partial charge in [0.1, 0.15) is 11.7 Å². The predicted octanol–water partition coefficient (Wildman–Crippen LogP) is 4.65. The second-order valence-corrected chi connectivity index (χ2v) is 8.22. The van der Waals surface area contributed by atoms with Gasteiger partial charge in [-0.25, -0.2) is 4.79 Å². The molecule has 21 heavy (non-hydrogen) atoms. The molecule has 0 saturated carbocycles. The van der Waals surface area contributed by atoms with Gasteiger partial charge in [-0.1, -0.05) is 48.8 Å². The topological polar surface area (TPSA) is 38.8 Å². The Morgan fingerprint density at radius 3 is 2.19 bits per heavy atom. The van der Waals surface area contributed by atoms with Crippen LogP contribution >= 0.6 is 15.9 Å². The molecule has 1 aromatic carbocycles. The number of carbonyl (C=O) groups is 1. The van der Waals surface area contributed by atoms with Gasteiger partial charge in [0.2, 0.25) is 0 Å². The summed E-state index contributed by atoms with van der Waals surface area (Å²) in [5.41, 5.74) is -0.577. The van der Waals surface area contributed by atoms with Gasteiger partial charge in [-0.2, -0.15) is 0 Å². The lowest BCUT2D eigenvalue weighted by molar-refractivity contribution is -0.173. The van der Waals surface area contributed by atoms with Crippen LogP contribution in [0.25, 0.3) is 0 Å². The van der Waals surface area contributed by atoms with E-state index in [1.54, 1.807) is 6.92 Å². The zero-order valence-electron chi connectivity index (χ0n) is 13.5. The van der Waals surface area contributed by atoms with Crippen molar-refractivity contribution < 1.29 is 14.3 Å². The van der Waals surface area contributed by atoms with Crippen molar-refractivity contribution in [3.63, 3.8) is 0 Å². The lowest BCUT2D eigenvalue weighted by Gasteiger charge is -2.38. The fourth-order valence-electron chi connectivity index (χ4n) is 1.88. The van der Waals surface area contributed by atoms with Crippen LogP contribution in [-0.4, -0.2) is 17.2 Å². The van der Waals surface area contributed by atoms with Gasteiger partial charge in [0.15, 0.2) is 5.60 Å². The molecular weight excluding hydrogens is 332 g/mol. The van der Waals surface area contributed by atoms with Crippen LogP contribution in [0.5, 0.6) is 0 Å². The molecule has 1 heterocycles. The minimum atomic E-state index is -0.879. The molecule has 0 amide bonds. The average Bonchev–Trinajstić information content (AvgIpc) is 3.02. The molecule has 4 heteroatoms. The van der Waals surface area contributed by atoms with Crippen molar-refractivity contribution >= 4 is 21.9 Å². The van der Waals surface area contributed by atoms with Crippen LogP contribution < -0.4 is 0 Å². The number of ether oxygens (including phenoxy) is 2. The summed E-state index contributed by atoms with van der Waals surface area (Å²) in [4.78, 5) is 12.5. The highest BCUT2D eigenvalue weighted by atomic mass is 79.9. The number of hydrogen-bond donors (Lipinski definition) is 0. The van der Waals surface area contributed by atoms with E-state index >= 15 is 0 Å². The normalized spacial score (nSPS) is 25.6. The molecule has 0 aromatic heterocycles. The van der Waals surface area contributed by atoms with E-state index in [-0.39, 0.29) is 17.5 Å². The number of rotatable bonds is 3. The van der Waals surface area contributed by atoms with Gasteiger partial charge >= 0.3 is 5.97 Å². The standard InChI is InChI=1S/C17H23BrO3/c1-15(2,3)16(4,5)21-14(19)17(6)13(20-17)11-7-9-12(18)10-8-11/h7-10,13H,1-6H3. The lowest BCUT2D eigenvalue weighted by Crippen LogP contribution is -2.44. The van der Waals surface area contributed by atoms with E-state index in [4.69, 9.17) is 9.47 Å². The second-order valence-electron chi connectivity index (χ2n) is 7.31. The zero-order chi connectivity index (χ0) is 16.1. The molecule has 116 valence electrons. The number of esters is 1. The molecule has 3 nitrogen and oxygen atoms in total. The third kappa shape index (κ3) is 3.16. The van der Waals surface area contributed by atoms with Crippen molar-refractivity contribution in [3.8, 4) is 0 Å². The molecule has 2 unspecified atom stereocenters. The first-order valence-corrected chi connectivity index (χ1v) is 7.93. The second kappa shape index (κ2) is 5.10. The van der Waals surface area contributed by atoms with Crippen LogP contribution in [0, 0.1) is 5.41 Å². The number of epoxide rings is 1. The fourth-order valence-corrected chi connectivity index (χ4v) is 2.14. The van der Waals surface area contributed by atoms with E-state index in [2.05, 4.69) is 36.7 Å². The Morgan fingerprint density at radius 2 is 1.71 bits per heavy atom. The third-order valence-corrected chi connectivity index (χ3v) is 5.07. The first-order valence-electron chi connectivity index (χ1n) is 7.14. The summed E-state index contributed by atoms with van der Waals surface area (Å²) < 4.78 is 12.4. The highest BCUT2D eigenvalue weighted by Crippen LogP contribution is 2.51. The Balaban J connectivity index is 2.10. The number of benzene rings is 1. The van der Waals surface area contributed by atoms with Crippen LogP contribution in [0.2, 0.25) is 0 Å². The van der Waals surface area contributed by atoms with Crippen LogP contribution in [0.1, 0.15) is 53.2 Å². The SMILES string of the molecule is CC1(C(=O)OC(C)(C)C(C)(C)C)OC1c1ccc(Br)cc1. The van der Waals surface area contributed by atoms with E-state index < -0.39 is 11.2 Å². The maximum atomic E-state index is 12.5. The third-order valence-electron chi connectivity index (χ3n) is 4.54. The highest BCUT2D eigenvalue weighted by Gasteiger charge is 2.61. The van der Waals surface area contributed by atoms with Gasteiger partial charge in [0.25, 0.3) is 0 Å². The van der Waals surface area contributed by atoms with Crippen molar-refractivity contribution in [1.29, 1.82) is 0 Å². The number of halogens is 1. The summed E-state index contributed by atoms with van der Waals surface area (Å²) in [6.07, 6.45) is -0.228. The van der Waals surface area contributed by atoms with E-state index in [1.807, 2.05) is 38.1 Å². The minimum absolute atomic E-state index is 0.138. The molecule has 1 saturated heterocycles. The molecule has 1 aliphatic heterocycles. The monoisotopic (exact) mass is 354 g/mol. The Bertz CT molecular complexity index is 542. The largest absolute Gasteiger partial charge is 0.457 e.